The summed E-state index contributed by atoms with van der Waals surface area (Å²) in [5, 5.41) is 4.09. The van der Waals surface area contributed by atoms with Gasteiger partial charge in [-0.1, -0.05) is 5.16 Å². The molecule has 24 heavy (non-hydrogen) atoms. The molecule has 2 aliphatic heterocycles. The molecule has 0 N–H and O–H groups in total. The highest BCUT2D eigenvalue weighted by molar-refractivity contribution is 5.20. The Morgan fingerprint density at radius 3 is 2.62 bits per heavy atom. The summed E-state index contributed by atoms with van der Waals surface area (Å²) >= 11 is 0. The Bertz CT molecular complexity index is 687. The van der Waals surface area contributed by atoms with Gasteiger partial charge in [0, 0.05) is 51.2 Å². The fourth-order valence-corrected chi connectivity index (χ4v) is 4.31. The molecule has 0 bridgehead atoms. The summed E-state index contributed by atoms with van der Waals surface area (Å²) < 4.78 is 7.45. The average Bonchev–Trinajstić information content (AvgIpc) is 3.23. The van der Waals surface area contributed by atoms with Crippen molar-refractivity contribution in [2.75, 3.05) is 26.2 Å². The Balaban J connectivity index is 1.36. The predicted octanol–water partition coefficient (Wildman–Crippen LogP) is 1.98. The van der Waals surface area contributed by atoms with Gasteiger partial charge in [-0.05, 0) is 38.6 Å². The monoisotopic (exact) mass is 329 g/mol. The molecule has 2 aromatic rings. The quantitative estimate of drug-likeness (QED) is 0.858. The van der Waals surface area contributed by atoms with Gasteiger partial charge in [0.1, 0.15) is 11.6 Å². The van der Waals surface area contributed by atoms with Gasteiger partial charge in [-0.25, -0.2) is 4.98 Å². The lowest BCUT2D eigenvalue weighted by molar-refractivity contribution is 0.141. The second-order valence-electron chi connectivity index (χ2n) is 7.50. The van der Waals surface area contributed by atoms with Crippen molar-refractivity contribution in [3.05, 3.63) is 35.2 Å². The zero-order valence-corrected chi connectivity index (χ0v) is 14.9. The number of hydrogen-bond acceptors (Lipinski definition) is 5. The average molecular weight is 329 g/mol. The molecule has 0 aliphatic carbocycles. The van der Waals surface area contributed by atoms with Crippen molar-refractivity contribution in [3.63, 3.8) is 0 Å². The third-order valence-electron chi connectivity index (χ3n) is 5.81. The Morgan fingerprint density at radius 2 is 1.92 bits per heavy atom. The van der Waals surface area contributed by atoms with Crippen molar-refractivity contribution in [2.45, 2.75) is 33.4 Å². The maximum Gasteiger partial charge on any atom is 0.138 e. The zero-order valence-electron chi connectivity index (χ0n) is 14.9. The lowest BCUT2D eigenvalue weighted by Gasteiger charge is -2.34. The van der Waals surface area contributed by atoms with Gasteiger partial charge in [0.15, 0.2) is 0 Å². The normalized spacial score (nSPS) is 25.3. The molecule has 2 atom stereocenters. The highest BCUT2D eigenvalue weighted by Gasteiger charge is 2.37. The maximum absolute atomic E-state index is 5.32. The number of aryl methyl sites for hydroxylation is 3. The molecule has 0 saturated carbocycles. The van der Waals surface area contributed by atoms with Crippen LogP contribution < -0.4 is 0 Å². The third kappa shape index (κ3) is 3.00. The second-order valence-corrected chi connectivity index (χ2v) is 7.50. The first-order valence-corrected chi connectivity index (χ1v) is 8.93. The van der Waals surface area contributed by atoms with E-state index < -0.39 is 0 Å². The van der Waals surface area contributed by atoms with Gasteiger partial charge in [0.05, 0.1) is 12.2 Å². The van der Waals surface area contributed by atoms with Crippen molar-refractivity contribution < 1.29 is 4.52 Å². The van der Waals surface area contributed by atoms with Gasteiger partial charge in [0.25, 0.3) is 0 Å². The van der Waals surface area contributed by atoms with Crippen molar-refractivity contribution in [1.29, 1.82) is 0 Å². The van der Waals surface area contributed by atoms with E-state index in [1.807, 2.05) is 26.2 Å². The van der Waals surface area contributed by atoms with E-state index in [0.29, 0.717) is 0 Å². The smallest absolute Gasteiger partial charge is 0.138 e. The summed E-state index contributed by atoms with van der Waals surface area (Å²) in [6, 6.07) is 0. The summed E-state index contributed by atoms with van der Waals surface area (Å²) in [6.07, 6.45) is 5.22. The fraction of sp³-hybridized carbons (Fsp3) is 0.667. The SMILES string of the molecule is Cc1noc(C)c1CN1CC[C@@H]2CN(Cc3nccn3C)C[C@@H]2C1. The standard InChI is InChI=1S/C18H27N5O/c1-13-17(14(2)24-20-13)11-22-6-4-15-8-23(10-16(15)9-22)12-18-19-5-7-21(18)3/h5,7,15-16H,4,6,8-12H2,1-3H3/t15-,16+/m1/s1. The minimum atomic E-state index is 0.777. The van der Waals surface area contributed by atoms with E-state index in [0.717, 1.165) is 36.4 Å². The molecule has 0 aromatic carbocycles. The minimum Gasteiger partial charge on any atom is -0.361 e. The number of aromatic nitrogens is 3. The van der Waals surface area contributed by atoms with Crippen LogP contribution in [0.1, 0.15) is 29.3 Å². The van der Waals surface area contributed by atoms with Crippen LogP contribution in [0.4, 0.5) is 0 Å². The number of hydrogen-bond donors (Lipinski definition) is 0. The molecule has 6 nitrogen and oxygen atoms in total. The highest BCUT2D eigenvalue weighted by Crippen LogP contribution is 2.32. The van der Waals surface area contributed by atoms with Gasteiger partial charge >= 0.3 is 0 Å². The fourth-order valence-electron chi connectivity index (χ4n) is 4.31. The lowest BCUT2D eigenvalue weighted by Crippen LogP contribution is -2.39. The Morgan fingerprint density at radius 1 is 1.12 bits per heavy atom. The summed E-state index contributed by atoms with van der Waals surface area (Å²) in [7, 11) is 2.08. The van der Waals surface area contributed by atoms with Crippen LogP contribution in [0.25, 0.3) is 0 Å². The molecule has 6 heteroatoms. The lowest BCUT2D eigenvalue weighted by atomic mass is 9.88. The molecule has 4 heterocycles. The van der Waals surface area contributed by atoms with Crippen LogP contribution >= 0.6 is 0 Å². The van der Waals surface area contributed by atoms with Crippen LogP contribution in [0.3, 0.4) is 0 Å². The van der Waals surface area contributed by atoms with Crippen LogP contribution in [0.5, 0.6) is 0 Å². The van der Waals surface area contributed by atoms with E-state index in [9.17, 15) is 0 Å². The number of fused-ring (bicyclic) bond motifs is 1. The minimum absolute atomic E-state index is 0.777. The van der Waals surface area contributed by atoms with Crippen molar-refractivity contribution in [3.8, 4) is 0 Å². The molecule has 130 valence electrons. The Kier molecular flexibility index (Phi) is 4.18. The first-order valence-electron chi connectivity index (χ1n) is 8.93. The van der Waals surface area contributed by atoms with Gasteiger partial charge in [-0.3, -0.25) is 9.80 Å². The molecule has 2 aromatic heterocycles. The van der Waals surface area contributed by atoms with E-state index in [2.05, 4.69) is 31.6 Å². The Labute approximate surface area is 143 Å². The molecule has 0 radical (unpaired) electrons. The van der Waals surface area contributed by atoms with Crippen LogP contribution in [-0.2, 0) is 20.1 Å². The summed E-state index contributed by atoms with van der Waals surface area (Å²) in [5.41, 5.74) is 2.31. The van der Waals surface area contributed by atoms with E-state index in [1.165, 1.54) is 44.0 Å². The molecule has 2 fully saturated rings. The number of nitrogens with zero attached hydrogens (tertiary/aromatic N) is 5. The van der Waals surface area contributed by atoms with Gasteiger partial charge in [-0.2, -0.15) is 0 Å². The summed E-state index contributed by atoms with van der Waals surface area (Å²) in [4.78, 5) is 9.64. The second kappa shape index (κ2) is 6.33. The van der Waals surface area contributed by atoms with Crippen molar-refractivity contribution >= 4 is 0 Å². The first-order chi connectivity index (χ1) is 11.6. The number of rotatable bonds is 4. The van der Waals surface area contributed by atoms with Gasteiger partial charge in [0.2, 0.25) is 0 Å². The zero-order chi connectivity index (χ0) is 16.7. The number of imidazole rings is 1. The van der Waals surface area contributed by atoms with Crippen molar-refractivity contribution in [2.24, 2.45) is 18.9 Å². The molecule has 2 saturated heterocycles. The van der Waals surface area contributed by atoms with Crippen LogP contribution in [0.15, 0.2) is 16.9 Å². The van der Waals surface area contributed by atoms with E-state index in [1.54, 1.807) is 0 Å². The molecule has 0 unspecified atom stereocenters. The molecular weight excluding hydrogens is 302 g/mol. The van der Waals surface area contributed by atoms with Crippen LogP contribution in [-0.4, -0.2) is 50.7 Å². The van der Waals surface area contributed by atoms with E-state index >= 15 is 0 Å². The van der Waals surface area contributed by atoms with Crippen LogP contribution in [0, 0.1) is 25.7 Å². The topological polar surface area (TPSA) is 50.3 Å². The Hall–Kier alpha value is -1.66. The molecule has 4 rings (SSSR count). The highest BCUT2D eigenvalue weighted by atomic mass is 16.5. The first kappa shape index (κ1) is 15.8. The summed E-state index contributed by atoms with van der Waals surface area (Å²) in [5.74, 6) is 3.75. The third-order valence-corrected chi connectivity index (χ3v) is 5.81. The van der Waals surface area contributed by atoms with Crippen molar-refractivity contribution in [1.82, 2.24) is 24.5 Å². The molecular formula is C18H27N5O. The molecule has 0 amide bonds. The molecule has 0 spiro atoms. The maximum atomic E-state index is 5.32. The van der Waals surface area contributed by atoms with Gasteiger partial charge in [-0.15, -0.1) is 0 Å². The predicted molar refractivity (Wildman–Crippen MR) is 91.3 cm³/mol. The molecule has 2 aliphatic rings. The number of piperidine rings is 1. The number of likely N-dealkylation sites (tertiary alicyclic amines) is 2. The largest absolute Gasteiger partial charge is 0.361 e. The van der Waals surface area contributed by atoms with Gasteiger partial charge < -0.3 is 9.09 Å². The van der Waals surface area contributed by atoms with E-state index in [4.69, 9.17) is 4.52 Å². The van der Waals surface area contributed by atoms with Crippen LogP contribution in [0.2, 0.25) is 0 Å². The van der Waals surface area contributed by atoms with E-state index in [-0.39, 0.29) is 0 Å². The summed E-state index contributed by atoms with van der Waals surface area (Å²) in [6.45, 7) is 10.8.